The van der Waals surface area contributed by atoms with E-state index in [0.717, 1.165) is 56.8 Å². The first-order valence-corrected chi connectivity index (χ1v) is 8.90. The Morgan fingerprint density at radius 2 is 2.17 bits per heavy atom. The molecule has 0 saturated carbocycles. The molecule has 7 nitrogen and oxygen atoms in total. The van der Waals surface area contributed by atoms with Crippen molar-refractivity contribution in [2.45, 2.75) is 38.8 Å². The van der Waals surface area contributed by atoms with Crippen molar-refractivity contribution in [2.75, 3.05) is 46.4 Å². The van der Waals surface area contributed by atoms with Crippen LogP contribution in [0.25, 0.3) is 0 Å². The molecule has 1 N–H and O–H groups in total. The maximum Gasteiger partial charge on any atom is 0.194 e. The minimum absolute atomic E-state index is 0.384. The minimum Gasteiger partial charge on any atom is -0.379 e. The summed E-state index contributed by atoms with van der Waals surface area (Å²) in [6.07, 6.45) is 1.18. The highest BCUT2D eigenvalue weighted by molar-refractivity contribution is 5.80. The van der Waals surface area contributed by atoms with E-state index in [2.05, 4.69) is 39.1 Å². The summed E-state index contributed by atoms with van der Waals surface area (Å²) in [5.74, 6) is 2.17. The summed E-state index contributed by atoms with van der Waals surface area (Å²) in [6, 6.07) is 2.62. The lowest BCUT2D eigenvalue weighted by atomic mass is 10.1. The third-order valence-electron chi connectivity index (χ3n) is 4.83. The van der Waals surface area contributed by atoms with Crippen molar-refractivity contribution in [1.29, 1.82) is 0 Å². The minimum atomic E-state index is 0.384. The Labute approximate surface area is 144 Å². The van der Waals surface area contributed by atoms with Crippen molar-refractivity contribution in [3.05, 3.63) is 17.5 Å². The van der Waals surface area contributed by atoms with Crippen molar-refractivity contribution in [1.82, 2.24) is 20.3 Å². The average Bonchev–Trinajstić information content (AvgIpc) is 3.26. The number of likely N-dealkylation sites (tertiary alicyclic amines) is 1. The highest BCUT2D eigenvalue weighted by atomic mass is 16.5. The number of ether oxygens (including phenoxy) is 1. The SMILES string of the molecule is CN=C(NCc1cc(C(C)C)no1)N1CCC(N2CCOCC2)C1. The molecule has 134 valence electrons. The predicted molar refractivity (Wildman–Crippen MR) is 93.2 cm³/mol. The molecule has 24 heavy (non-hydrogen) atoms. The zero-order chi connectivity index (χ0) is 16.9. The van der Waals surface area contributed by atoms with Gasteiger partial charge in [-0.15, -0.1) is 0 Å². The summed E-state index contributed by atoms with van der Waals surface area (Å²) in [5, 5.41) is 7.51. The first-order valence-electron chi connectivity index (χ1n) is 8.90. The highest BCUT2D eigenvalue weighted by Crippen LogP contribution is 2.17. The first kappa shape index (κ1) is 17.2. The van der Waals surface area contributed by atoms with Crippen LogP contribution in [0.15, 0.2) is 15.6 Å². The average molecular weight is 335 g/mol. The lowest BCUT2D eigenvalue weighted by molar-refractivity contribution is 0.0195. The second kappa shape index (κ2) is 7.98. The van der Waals surface area contributed by atoms with Gasteiger partial charge in [0.05, 0.1) is 25.5 Å². The molecule has 1 atom stereocenters. The molecular weight excluding hydrogens is 306 g/mol. The summed E-state index contributed by atoms with van der Waals surface area (Å²) >= 11 is 0. The van der Waals surface area contributed by atoms with Gasteiger partial charge in [0, 0.05) is 45.3 Å². The van der Waals surface area contributed by atoms with Gasteiger partial charge in [-0.3, -0.25) is 9.89 Å². The van der Waals surface area contributed by atoms with Gasteiger partial charge in [0.2, 0.25) is 0 Å². The van der Waals surface area contributed by atoms with Crippen LogP contribution in [0.5, 0.6) is 0 Å². The molecule has 1 unspecified atom stereocenters. The third-order valence-corrected chi connectivity index (χ3v) is 4.83. The maximum atomic E-state index is 5.45. The number of rotatable bonds is 4. The van der Waals surface area contributed by atoms with Gasteiger partial charge in [-0.2, -0.15) is 0 Å². The second-order valence-corrected chi connectivity index (χ2v) is 6.81. The van der Waals surface area contributed by atoms with E-state index in [9.17, 15) is 0 Å². The number of aliphatic imine (C=N–C) groups is 1. The van der Waals surface area contributed by atoms with Crippen molar-refractivity contribution < 1.29 is 9.26 Å². The standard InChI is InChI=1S/C17H29N5O2/c1-13(2)16-10-15(24-20-16)11-19-17(18-3)22-5-4-14(12-22)21-6-8-23-9-7-21/h10,13-14H,4-9,11-12H2,1-3H3,(H,18,19). The Bertz CT molecular complexity index is 551. The van der Waals surface area contributed by atoms with Gasteiger partial charge in [0.1, 0.15) is 0 Å². The summed E-state index contributed by atoms with van der Waals surface area (Å²) < 4.78 is 10.8. The zero-order valence-electron chi connectivity index (χ0n) is 15.0. The topological polar surface area (TPSA) is 66.1 Å². The number of guanidine groups is 1. The van der Waals surface area contributed by atoms with Crippen molar-refractivity contribution >= 4 is 5.96 Å². The molecule has 1 aromatic rings. The van der Waals surface area contributed by atoms with Crippen LogP contribution in [0.4, 0.5) is 0 Å². The van der Waals surface area contributed by atoms with Crippen LogP contribution < -0.4 is 5.32 Å². The van der Waals surface area contributed by atoms with Gasteiger partial charge in [-0.05, 0) is 12.3 Å². The quantitative estimate of drug-likeness (QED) is 0.660. The molecule has 2 fully saturated rings. The van der Waals surface area contributed by atoms with Crippen LogP contribution in [-0.4, -0.2) is 73.4 Å². The number of morpholine rings is 1. The van der Waals surface area contributed by atoms with Crippen molar-refractivity contribution in [3.8, 4) is 0 Å². The Hall–Kier alpha value is -1.60. The van der Waals surface area contributed by atoms with Crippen LogP contribution in [-0.2, 0) is 11.3 Å². The molecule has 0 spiro atoms. The van der Waals surface area contributed by atoms with Crippen molar-refractivity contribution in [2.24, 2.45) is 4.99 Å². The predicted octanol–water partition coefficient (Wildman–Crippen LogP) is 1.28. The molecule has 0 aromatic carbocycles. The molecule has 3 heterocycles. The van der Waals surface area contributed by atoms with Crippen LogP contribution in [0.3, 0.4) is 0 Å². The van der Waals surface area contributed by atoms with E-state index in [-0.39, 0.29) is 0 Å². The van der Waals surface area contributed by atoms with Crippen LogP contribution in [0.2, 0.25) is 0 Å². The van der Waals surface area contributed by atoms with Gasteiger partial charge >= 0.3 is 0 Å². The maximum absolute atomic E-state index is 5.45. The van der Waals surface area contributed by atoms with E-state index < -0.39 is 0 Å². The van der Waals surface area contributed by atoms with Crippen LogP contribution >= 0.6 is 0 Å². The summed E-state index contributed by atoms with van der Waals surface area (Å²) in [6.45, 7) is 10.7. The van der Waals surface area contributed by atoms with E-state index in [1.807, 2.05) is 13.1 Å². The normalized spacial score (nSPS) is 23.2. The highest BCUT2D eigenvalue weighted by Gasteiger charge is 2.30. The van der Waals surface area contributed by atoms with Gasteiger partial charge in [0.15, 0.2) is 11.7 Å². The molecule has 0 amide bonds. The Morgan fingerprint density at radius 1 is 1.38 bits per heavy atom. The van der Waals surface area contributed by atoms with Gasteiger partial charge in [-0.25, -0.2) is 0 Å². The number of hydrogen-bond donors (Lipinski definition) is 1. The number of aromatic nitrogens is 1. The first-order chi connectivity index (χ1) is 11.7. The van der Waals surface area contributed by atoms with Crippen LogP contribution in [0, 0.1) is 0 Å². The fraction of sp³-hybridized carbons (Fsp3) is 0.765. The molecule has 0 radical (unpaired) electrons. The lowest BCUT2D eigenvalue weighted by Crippen LogP contribution is -2.46. The molecule has 3 rings (SSSR count). The number of nitrogens with one attached hydrogen (secondary N) is 1. The summed E-state index contributed by atoms with van der Waals surface area (Å²) in [4.78, 5) is 9.31. The van der Waals surface area contributed by atoms with E-state index in [1.54, 1.807) is 0 Å². The van der Waals surface area contributed by atoms with E-state index in [1.165, 1.54) is 6.42 Å². The number of hydrogen-bond acceptors (Lipinski definition) is 5. The monoisotopic (exact) mass is 335 g/mol. The fourth-order valence-electron chi connectivity index (χ4n) is 3.36. The zero-order valence-corrected chi connectivity index (χ0v) is 15.0. The van der Waals surface area contributed by atoms with Gasteiger partial charge < -0.3 is 19.5 Å². The largest absolute Gasteiger partial charge is 0.379 e. The Balaban J connectivity index is 1.51. The van der Waals surface area contributed by atoms with Crippen molar-refractivity contribution in [3.63, 3.8) is 0 Å². The molecule has 2 aliphatic heterocycles. The number of nitrogens with zero attached hydrogens (tertiary/aromatic N) is 4. The van der Waals surface area contributed by atoms with Crippen LogP contribution in [0.1, 0.15) is 37.6 Å². The molecule has 7 heteroatoms. The van der Waals surface area contributed by atoms with Gasteiger partial charge in [-0.1, -0.05) is 19.0 Å². The summed E-state index contributed by atoms with van der Waals surface area (Å²) in [5.41, 5.74) is 0.996. The molecular formula is C17H29N5O2. The van der Waals surface area contributed by atoms with Gasteiger partial charge in [0.25, 0.3) is 0 Å². The van der Waals surface area contributed by atoms with E-state index >= 15 is 0 Å². The smallest absolute Gasteiger partial charge is 0.194 e. The summed E-state index contributed by atoms with van der Waals surface area (Å²) in [7, 11) is 1.84. The molecule has 1 aromatic heterocycles. The molecule has 0 aliphatic carbocycles. The van der Waals surface area contributed by atoms with E-state index in [4.69, 9.17) is 9.26 Å². The second-order valence-electron chi connectivity index (χ2n) is 6.81. The molecule has 2 aliphatic rings. The molecule has 0 bridgehead atoms. The Morgan fingerprint density at radius 3 is 2.83 bits per heavy atom. The third kappa shape index (κ3) is 4.08. The fourth-order valence-corrected chi connectivity index (χ4v) is 3.36. The Kier molecular flexibility index (Phi) is 5.73. The van der Waals surface area contributed by atoms with E-state index in [0.29, 0.717) is 18.5 Å². The molecule has 2 saturated heterocycles. The lowest BCUT2D eigenvalue weighted by Gasteiger charge is -2.32.